The van der Waals surface area contributed by atoms with Crippen LogP contribution in [0, 0.1) is 5.82 Å². The molecule has 0 saturated heterocycles. The first kappa shape index (κ1) is 20.4. The quantitative estimate of drug-likeness (QED) is 0.619. The zero-order valence-electron chi connectivity index (χ0n) is 15.5. The van der Waals surface area contributed by atoms with Crippen molar-refractivity contribution in [3.05, 3.63) is 59.9 Å². The van der Waals surface area contributed by atoms with Crippen molar-refractivity contribution in [1.82, 2.24) is 5.32 Å². The van der Waals surface area contributed by atoms with E-state index in [-0.39, 0.29) is 24.2 Å². The molecule has 0 unspecified atom stereocenters. The lowest BCUT2D eigenvalue weighted by Crippen LogP contribution is -2.23. The van der Waals surface area contributed by atoms with Crippen LogP contribution in [0.2, 0.25) is 0 Å². The minimum absolute atomic E-state index is 0.0199. The van der Waals surface area contributed by atoms with Crippen LogP contribution in [-0.4, -0.2) is 18.4 Å². The Bertz CT molecular complexity index is 765. The Balaban J connectivity index is 1.69. The first-order valence-electron chi connectivity index (χ1n) is 9.11. The van der Waals surface area contributed by atoms with Gasteiger partial charge in [0.15, 0.2) is 11.6 Å². The predicted octanol–water partition coefficient (Wildman–Crippen LogP) is 4.04. The lowest BCUT2D eigenvalue weighted by Gasteiger charge is -2.09. The lowest BCUT2D eigenvalue weighted by molar-refractivity contribution is -0.121. The Hall–Kier alpha value is -2.89. The van der Waals surface area contributed by atoms with Crippen molar-refractivity contribution in [3.8, 4) is 5.75 Å². The van der Waals surface area contributed by atoms with Crippen LogP contribution in [0.1, 0.15) is 38.2 Å². The molecular weight excluding hydrogens is 347 g/mol. The summed E-state index contributed by atoms with van der Waals surface area (Å²) in [5.41, 5.74) is 1.62. The van der Waals surface area contributed by atoms with Gasteiger partial charge in [0, 0.05) is 25.1 Å². The first-order chi connectivity index (χ1) is 13.1. The lowest BCUT2D eigenvalue weighted by atomic mass is 10.2. The molecule has 0 radical (unpaired) electrons. The van der Waals surface area contributed by atoms with Gasteiger partial charge in [-0.25, -0.2) is 4.39 Å². The van der Waals surface area contributed by atoms with Gasteiger partial charge in [0.05, 0.1) is 6.61 Å². The topological polar surface area (TPSA) is 67.4 Å². The van der Waals surface area contributed by atoms with Gasteiger partial charge in [-0.1, -0.05) is 31.2 Å². The second-order valence-electron chi connectivity index (χ2n) is 6.16. The van der Waals surface area contributed by atoms with Gasteiger partial charge in [-0.05, 0) is 42.7 Å². The summed E-state index contributed by atoms with van der Waals surface area (Å²) in [6, 6.07) is 13.6. The standard InChI is InChI=1S/C21H25FN2O3/c1-2-7-21(26)24-17-9-5-8-16(14-17)15-23-20(25)12-6-13-27-19-11-4-3-10-18(19)22/h3-5,8-11,14H,2,6-7,12-13,15H2,1H3,(H,23,25)(H,24,26). The average molecular weight is 372 g/mol. The molecule has 0 aromatic heterocycles. The molecule has 2 aromatic carbocycles. The normalized spacial score (nSPS) is 10.3. The number of anilines is 1. The molecular formula is C21H25FN2O3. The smallest absolute Gasteiger partial charge is 0.224 e. The van der Waals surface area contributed by atoms with Gasteiger partial charge >= 0.3 is 0 Å². The van der Waals surface area contributed by atoms with Gasteiger partial charge < -0.3 is 15.4 Å². The van der Waals surface area contributed by atoms with Crippen LogP contribution in [0.25, 0.3) is 0 Å². The van der Waals surface area contributed by atoms with Crippen LogP contribution >= 0.6 is 0 Å². The summed E-state index contributed by atoms with van der Waals surface area (Å²) >= 11 is 0. The number of carbonyl (C=O) groups is 2. The fourth-order valence-corrected chi connectivity index (χ4v) is 2.48. The summed E-state index contributed by atoms with van der Waals surface area (Å²) in [5, 5.41) is 5.67. The van der Waals surface area contributed by atoms with Gasteiger partial charge in [0.25, 0.3) is 0 Å². The van der Waals surface area contributed by atoms with Gasteiger partial charge in [-0.15, -0.1) is 0 Å². The maximum atomic E-state index is 13.4. The third kappa shape index (κ3) is 7.48. The third-order valence-electron chi connectivity index (χ3n) is 3.82. The minimum atomic E-state index is -0.409. The number of rotatable bonds is 10. The van der Waals surface area contributed by atoms with Gasteiger partial charge in [0.2, 0.25) is 11.8 Å². The van der Waals surface area contributed by atoms with Gasteiger partial charge in [-0.2, -0.15) is 0 Å². The van der Waals surface area contributed by atoms with E-state index in [2.05, 4.69) is 10.6 Å². The molecule has 2 rings (SSSR count). The number of nitrogens with one attached hydrogen (secondary N) is 2. The number of benzene rings is 2. The highest BCUT2D eigenvalue weighted by Gasteiger charge is 2.05. The van der Waals surface area contributed by atoms with Crippen LogP contribution < -0.4 is 15.4 Å². The van der Waals surface area contributed by atoms with Crippen LogP contribution in [0.4, 0.5) is 10.1 Å². The van der Waals surface area contributed by atoms with Crippen molar-refractivity contribution in [2.24, 2.45) is 0 Å². The van der Waals surface area contributed by atoms with E-state index in [1.807, 2.05) is 31.2 Å². The van der Waals surface area contributed by atoms with E-state index in [0.717, 1.165) is 17.7 Å². The maximum Gasteiger partial charge on any atom is 0.224 e. The molecule has 0 bridgehead atoms. The SMILES string of the molecule is CCCC(=O)Nc1cccc(CNC(=O)CCCOc2ccccc2F)c1. The third-order valence-corrected chi connectivity index (χ3v) is 3.82. The summed E-state index contributed by atoms with van der Waals surface area (Å²) in [6.45, 7) is 2.60. The second kappa shape index (κ2) is 11.0. The molecule has 0 saturated carbocycles. The van der Waals surface area contributed by atoms with Crippen LogP contribution in [0.5, 0.6) is 5.75 Å². The van der Waals surface area contributed by atoms with Gasteiger partial charge in [0.1, 0.15) is 0 Å². The van der Waals surface area contributed by atoms with Crippen LogP contribution in [0.3, 0.4) is 0 Å². The highest BCUT2D eigenvalue weighted by molar-refractivity contribution is 5.90. The molecule has 0 aliphatic rings. The molecule has 5 nitrogen and oxygen atoms in total. The Morgan fingerprint density at radius 2 is 1.85 bits per heavy atom. The molecule has 27 heavy (non-hydrogen) atoms. The molecule has 0 heterocycles. The number of ether oxygens (including phenoxy) is 1. The largest absolute Gasteiger partial charge is 0.491 e. The molecule has 144 valence electrons. The van der Waals surface area contributed by atoms with Crippen molar-refractivity contribution >= 4 is 17.5 Å². The average Bonchev–Trinajstić information content (AvgIpc) is 2.65. The number of hydrogen-bond donors (Lipinski definition) is 2. The van der Waals surface area contributed by atoms with E-state index in [0.29, 0.717) is 25.8 Å². The number of halogens is 1. The van der Waals surface area contributed by atoms with Crippen molar-refractivity contribution in [1.29, 1.82) is 0 Å². The molecule has 6 heteroatoms. The molecule has 0 aliphatic carbocycles. The Kier molecular flexibility index (Phi) is 8.29. The monoisotopic (exact) mass is 372 g/mol. The van der Waals surface area contributed by atoms with Crippen molar-refractivity contribution in [2.45, 2.75) is 39.2 Å². The molecule has 0 aliphatic heterocycles. The minimum Gasteiger partial charge on any atom is -0.491 e. The molecule has 0 spiro atoms. The molecule has 2 N–H and O–H groups in total. The summed E-state index contributed by atoms with van der Waals surface area (Å²) in [5.74, 6) is -0.339. The summed E-state index contributed by atoms with van der Waals surface area (Å²) < 4.78 is 18.7. The number of para-hydroxylation sites is 1. The zero-order chi connectivity index (χ0) is 19.5. The van der Waals surface area contributed by atoms with E-state index >= 15 is 0 Å². The molecule has 0 fully saturated rings. The number of carbonyl (C=O) groups excluding carboxylic acids is 2. The Labute approximate surface area is 158 Å². The van der Waals surface area contributed by atoms with E-state index in [1.54, 1.807) is 18.2 Å². The first-order valence-corrected chi connectivity index (χ1v) is 9.11. The van der Waals surface area contributed by atoms with Crippen molar-refractivity contribution in [2.75, 3.05) is 11.9 Å². The Morgan fingerprint density at radius 3 is 2.63 bits per heavy atom. The summed E-state index contributed by atoms with van der Waals surface area (Å²) in [6.07, 6.45) is 2.06. The highest BCUT2D eigenvalue weighted by atomic mass is 19.1. The van der Waals surface area contributed by atoms with Crippen molar-refractivity contribution in [3.63, 3.8) is 0 Å². The van der Waals surface area contributed by atoms with Crippen LogP contribution in [0.15, 0.2) is 48.5 Å². The fraction of sp³-hybridized carbons (Fsp3) is 0.333. The van der Waals surface area contributed by atoms with E-state index in [1.165, 1.54) is 6.07 Å². The highest BCUT2D eigenvalue weighted by Crippen LogP contribution is 2.15. The van der Waals surface area contributed by atoms with Gasteiger partial charge in [-0.3, -0.25) is 9.59 Å². The van der Waals surface area contributed by atoms with E-state index < -0.39 is 5.82 Å². The van der Waals surface area contributed by atoms with Crippen LogP contribution in [-0.2, 0) is 16.1 Å². The van der Waals surface area contributed by atoms with Crippen molar-refractivity contribution < 1.29 is 18.7 Å². The number of hydrogen-bond acceptors (Lipinski definition) is 3. The Morgan fingerprint density at radius 1 is 1.04 bits per heavy atom. The fourth-order valence-electron chi connectivity index (χ4n) is 2.48. The molecule has 2 amide bonds. The summed E-state index contributed by atoms with van der Waals surface area (Å²) in [4.78, 5) is 23.6. The number of amides is 2. The summed E-state index contributed by atoms with van der Waals surface area (Å²) in [7, 11) is 0. The zero-order valence-corrected chi connectivity index (χ0v) is 15.5. The second-order valence-corrected chi connectivity index (χ2v) is 6.16. The van der Waals surface area contributed by atoms with E-state index in [4.69, 9.17) is 4.74 Å². The predicted molar refractivity (Wildman–Crippen MR) is 103 cm³/mol. The molecule has 0 atom stereocenters. The molecule has 2 aromatic rings. The van der Waals surface area contributed by atoms with E-state index in [9.17, 15) is 14.0 Å². The maximum absolute atomic E-state index is 13.4.